The fourth-order valence-electron chi connectivity index (χ4n) is 2.43. The van der Waals surface area contributed by atoms with Crippen LogP contribution >= 0.6 is 0 Å². The van der Waals surface area contributed by atoms with Crippen molar-refractivity contribution in [3.05, 3.63) is 36.4 Å². The van der Waals surface area contributed by atoms with Gasteiger partial charge in [-0.2, -0.15) is 10.2 Å². The number of rotatable bonds is 5. The zero-order valence-corrected chi connectivity index (χ0v) is 13.2. The highest BCUT2D eigenvalue weighted by molar-refractivity contribution is 5.91. The van der Waals surface area contributed by atoms with Crippen LogP contribution < -0.4 is 10.6 Å². The number of urea groups is 1. The van der Waals surface area contributed by atoms with Crippen LogP contribution in [0.15, 0.2) is 30.7 Å². The molecule has 0 saturated heterocycles. The number of nitrogens with zero attached hydrogens (tertiary/aromatic N) is 5. The number of carbonyl (C=O) groups excluding carboxylic acids is 1. The Balaban J connectivity index is 1.52. The molecule has 2 amide bonds. The van der Waals surface area contributed by atoms with Gasteiger partial charge in [-0.3, -0.25) is 9.36 Å². The second-order valence-corrected chi connectivity index (χ2v) is 5.31. The first-order valence-electron chi connectivity index (χ1n) is 7.45. The topological polar surface area (TPSA) is 89.7 Å². The van der Waals surface area contributed by atoms with Crippen molar-refractivity contribution >= 4 is 22.8 Å². The summed E-state index contributed by atoms with van der Waals surface area (Å²) in [5.41, 5.74) is 2.34. The number of aromatic nitrogens is 5. The van der Waals surface area contributed by atoms with Crippen molar-refractivity contribution in [2.75, 3.05) is 11.9 Å². The van der Waals surface area contributed by atoms with E-state index in [1.807, 2.05) is 37.0 Å². The lowest BCUT2D eigenvalue weighted by Gasteiger charge is -2.07. The number of nitrogens with one attached hydrogen (secondary N) is 2. The molecule has 0 aliphatic rings. The maximum absolute atomic E-state index is 11.9. The molecule has 3 heterocycles. The lowest BCUT2D eigenvalue weighted by Crippen LogP contribution is -2.30. The van der Waals surface area contributed by atoms with Gasteiger partial charge >= 0.3 is 6.03 Å². The van der Waals surface area contributed by atoms with E-state index in [9.17, 15) is 4.79 Å². The number of fused-ring (bicyclic) bond motifs is 1. The number of anilines is 1. The summed E-state index contributed by atoms with van der Waals surface area (Å²) < 4.78 is 3.56. The molecule has 3 aromatic rings. The molecule has 8 heteroatoms. The second-order valence-electron chi connectivity index (χ2n) is 5.31. The summed E-state index contributed by atoms with van der Waals surface area (Å²) >= 11 is 0. The average molecular weight is 313 g/mol. The van der Waals surface area contributed by atoms with Crippen LogP contribution in [0.2, 0.25) is 0 Å². The van der Waals surface area contributed by atoms with Crippen LogP contribution in [-0.2, 0) is 13.6 Å². The van der Waals surface area contributed by atoms with Gasteiger partial charge in [-0.05, 0) is 25.5 Å². The van der Waals surface area contributed by atoms with Gasteiger partial charge in [0.2, 0.25) is 0 Å². The lowest BCUT2D eigenvalue weighted by molar-refractivity contribution is 0.251. The molecule has 2 N–H and O–H groups in total. The SMILES string of the molecule is Cc1nn(C)c2ncc(NC(=O)NCCCn3cccn3)cc12. The number of amides is 2. The van der Waals surface area contributed by atoms with E-state index in [1.165, 1.54) is 0 Å². The van der Waals surface area contributed by atoms with Crippen molar-refractivity contribution in [1.82, 2.24) is 29.9 Å². The van der Waals surface area contributed by atoms with E-state index < -0.39 is 0 Å². The smallest absolute Gasteiger partial charge is 0.319 e. The van der Waals surface area contributed by atoms with Gasteiger partial charge in [-0.25, -0.2) is 9.78 Å². The second kappa shape index (κ2) is 6.47. The standard InChI is InChI=1S/C15H19N7O/c1-11-13-9-12(10-17-14(13)21(2)20-11)19-15(23)16-5-3-7-22-8-4-6-18-22/h4,6,8-10H,3,5,7H2,1-2H3,(H2,16,19,23). The molecular formula is C15H19N7O. The Morgan fingerprint density at radius 1 is 1.39 bits per heavy atom. The number of hydrogen-bond donors (Lipinski definition) is 2. The molecule has 0 fully saturated rings. The highest BCUT2D eigenvalue weighted by atomic mass is 16.2. The predicted molar refractivity (Wildman–Crippen MR) is 87.1 cm³/mol. The van der Waals surface area contributed by atoms with Crippen molar-refractivity contribution in [1.29, 1.82) is 0 Å². The number of carbonyl (C=O) groups is 1. The van der Waals surface area contributed by atoms with E-state index >= 15 is 0 Å². The lowest BCUT2D eigenvalue weighted by atomic mass is 10.2. The Bertz CT molecular complexity index is 807. The van der Waals surface area contributed by atoms with Gasteiger partial charge < -0.3 is 10.6 Å². The van der Waals surface area contributed by atoms with Crippen LogP contribution in [0, 0.1) is 6.92 Å². The summed E-state index contributed by atoms with van der Waals surface area (Å²) in [6, 6.07) is 3.52. The highest BCUT2D eigenvalue weighted by Gasteiger charge is 2.08. The van der Waals surface area contributed by atoms with Gasteiger partial charge in [0.25, 0.3) is 0 Å². The largest absolute Gasteiger partial charge is 0.338 e. The minimum Gasteiger partial charge on any atom is -0.338 e. The number of hydrogen-bond acceptors (Lipinski definition) is 4. The third kappa shape index (κ3) is 3.47. The fourth-order valence-corrected chi connectivity index (χ4v) is 2.43. The van der Waals surface area contributed by atoms with Crippen molar-refractivity contribution < 1.29 is 4.79 Å². The molecule has 0 radical (unpaired) electrons. The normalized spacial score (nSPS) is 10.9. The van der Waals surface area contributed by atoms with E-state index in [0.29, 0.717) is 12.2 Å². The Labute approximate surface area is 133 Å². The minimum absolute atomic E-state index is 0.242. The molecule has 0 aromatic carbocycles. The third-order valence-electron chi connectivity index (χ3n) is 3.53. The Morgan fingerprint density at radius 3 is 3.04 bits per heavy atom. The summed E-state index contributed by atoms with van der Waals surface area (Å²) in [5, 5.41) is 15.0. The molecule has 8 nitrogen and oxygen atoms in total. The maximum atomic E-state index is 11.9. The van der Waals surface area contributed by atoms with E-state index in [-0.39, 0.29) is 6.03 Å². The first-order valence-corrected chi connectivity index (χ1v) is 7.45. The molecule has 0 atom stereocenters. The molecule has 0 bridgehead atoms. The van der Waals surface area contributed by atoms with Gasteiger partial charge in [0.15, 0.2) is 5.65 Å². The zero-order chi connectivity index (χ0) is 16.2. The molecule has 3 aromatic heterocycles. The zero-order valence-electron chi connectivity index (χ0n) is 13.2. The van der Waals surface area contributed by atoms with Crippen LogP contribution in [0.25, 0.3) is 11.0 Å². The Morgan fingerprint density at radius 2 is 2.26 bits per heavy atom. The summed E-state index contributed by atoms with van der Waals surface area (Å²) in [4.78, 5) is 16.2. The summed E-state index contributed by atoms with van der Waals surface area (Å²) in [7, 11) is 1.85. The predicted octanol–water partition coefficient (Wildman–Crippen LogP) is 1.69. The summed E-state index contributed by atoms with van der Waals surface area (Å²) in [5.74, 6) is 0. The molecule has 0 spiro atoms. The monoisotopic (exact) mass is 313 g/mol. The van der Waals surface area contributed by atoms with Crippen molar-refractivity contribution in [3.63, 3.8) is 0 Å². The molecule has 120 valence electrons. The third-order valence-corrected chi connectivity index (χ3v) is 3.53. The Hall–Kier alpha value is -2.90. The molecule has 0 unspecified atom stereocenters. The molecule has 0 aliphatic heterocycles. The molecule has 0 saturated carbocycles. The molecule has 3 rings (SSSR count). The van der Waals surface area contributed by atoms with E-state index in [2.05, 4.69) is 25.8 Å². The maximum Gasteiger partial charge on any atom is 0.319 e. The first kappa shape index (κ1) is 15.0. The van der Waals surface area contributed by atoms with Crippen LogP contribution in [0.1, 0.15) is 12.1 Å². The Kier molecular flexibility index (Phi) is 4.22. The van der Waals surface area contributed by atoms with E-state index in [4.69, 9.17) is 0 Å². The van der Waals surface area contributed by atoms with Gasteiger partial charge in [0, 0.05) is 37.9 Å². The van der Waals surface area contributed by atoms with Gasteiger partial charge in [0.1, 0.15) is 0 Å². The number of pyridine rings is 1. The first-order chi connectivity index (χ1) is 11.1. The van der Waals surface area contributed by atoms with Crippen LogP contribution in [0.3, 0.4) is 0 Å². The summed E-state index contributed by atoms with van der Waals surface area (Å²) in [6.45, 7) is 3.27. The highest BCUT2D eigenvalue weighted by Crippen LogP contribution is 2.18. The van der Waals surface area contributed by atoms with Crippen molar-refractivity contribution in [3.8, 4) is 0 Å². The quantitative estimate of drug-likeness (QED) is 0.701. The van der Waals surface area contributed by atoms with E-state index in [0.717, 1.165) is 29.7 Å². The molecule has 0 aliphatic carbocycles. The van der Waals surface area contributed by atoms with Gasteiger partial charge in [-0.15, -0.1) is 0 Å². The van der Waals surface area contributed by atoms with Crippen LogP contribution in [0.5, 0.6) is 0 Å². The number of aryl methyl sites for hydroxylation is 3. The molecule has 23 heavy (non-hydrogen) atoms. The van der Waals surface area contributed by atoms with E-state index in [1.54, 1.807) is 17.1 Å². The van der Waals surface area contributed by atoms with Crippen molar-refractivity contribution in [2.24, 2.45) is 7.05 Å². The van der Waals surface area contributed by atoms with Gasteiger partial charge in [0.05, 0.1) is 17.6 Å². The van der Waals surface area contributed by atoms with Crippen LogP contribution in [0.4, 0.5) is 10.5 Å². The average Bonchev–Trinajstić information content (AvgIpc) is 3.13. The molecular weight excluding hydrogens is 294 g/mol. The van der Waals surface area contributed by atoms with Crippen LogP contribution in [-0.4, -0.2) is 37.1 Å². The van der Waals surface area contributed by atoms with Crippen molar-refractivity contribution in [2.45, 2.75) is 19.9 Å². The van der Waals surface area contributed by atoms with Gasteiger partial charge in [-0.1, -0.05) is 0 Å². The fraction of sp³-hybridized carbons (Fsp3) is 0.333. The minimum atomic E-state index is -0.242. The summed E-state index contributed by atoms with van der Waals surface area (Å²) in [6.07, 6.45) is 6.09.